The van der Waals surface area contributed by atoms with E-state index >= 15 is 0 Å². The second-order valence-corrected chi connectivity index (χ2v) is 8.29. The Morgan fingerprint density at radius 3 is 2.57 bits per heavy atom. The van der Waals surface area contributed by atoms with Crippen LogP contribution in [0.5, 0.6) is 11.5 Å². The van der Waals surface area contributed by atoms with Crippen molar-refractivity contribution in [2.75, 3.05) is 7.11 Å². The number of rotatable bonds is 6. The first-order valence-corrected chi connectivity index (χ1v) is 11.4. The van der Waals surface area contributed by atoms with Crippen molar-refractivity contribution in [2.24, 2.45) is 7.05 Å². The van der Waals surface area contributed by atoms with E-state index in [1.807, 2.05) is 42.8 Å². The average Bonchev–Trinajstić information content (AvgIpc) is 3.21. The number of esters is 1. The van der Waals surface area contributed by atoms with Crippen LogP contribution in [0.15, 0.2) is 76.1 Å². The fraction of sp³-hybridized carbons (Fsp3) is 0.179. The molecule has 0 unspecified atom stereocenters. The molecule has 0 N–H and O–H groups in total. The molecule has 5 rings (SSSR count). The number of aromatic nitrogens is 2. The van der Waals surface area contributed by atoms with E-state index in [0.29, 0.717) is 45.8 Å². The second-order valence-electron chi connectivity index (χ2n) is 8.29. The van der Waals surface area contributed by atoms with Crippen molar-refractivity contribution in [3.05, 3.63) is 88.3 Å². The van der Waals surface area contributed by atoms with E-state index in [-0.39, 0.29) is 5.43 Å². The topological polar surface area (TPSA) is 83.6 Å². The van der Waals surface area contributed by atoms with Crippen LogP contribution >= 0.6 is 0 Å². The summed E-state index contributed by atoms with van der Waals surface area (Å²) in [6.07, 6.45) is 2.87. The van der Waals surface area contributed by atoms with Crippen molar-refractivity contribution >= 4 is 28.0 Å². The zero-order valence-corrected chi connectivity index (χ0v) is 19.7. The number of para-hydroxylation sites is 2. The number of carbonyl (C=O) groups excluding carboxylic acids is 1. The van der Waals surface area contributed by atoms with E-state index < -0.39 is 5.97 Å². The van der Waals surface area contributed by atoms with Crippen LogP contribution in [-0.2, 0) is 13.5 Å². The average molecular weight is 469 g/mol. The maximum Gasteiger partial charge on any atom is 0.343 e. The molecule has 176 valence electrons. The number of fused-ring (bicyclic) bond motifs is 2. The van der Waals surface area contributed by atoms with Gasteiger partial charge in [-0.1, -0.05) is 25.5 Å². The Morgan fingerprint density at radius 1 is 1.09 bits per heavy atom. The van der Waals surface area contributed by atoms with Crippen LogP contribution in [0.4, 0.5) is 0 Å². The summed E-state index contributed by atoms with van der Waals surface area (Å²) in [5.74, 6) is 1.06. The van der Waals surface area contributed by atoms with E-state index in [9.17, 15) is 9.59 Å². The molecule has 35 heavy (non-hydrogen) atoms. The number of imidazole rings is 1. The quantitative estimate of drug-likeness (QED) is 0.241. The van der Waals surface area contributed by atoms with Gasteiger partial charge in [0.25, 0.3) is 0 Å². The molecule has 0 atom stereocenters. The number of benzene rings is 3. The van der Waals surface area contributed by atoms with Crippen molar-refractivity contribution in [1.29, 1.82) is 0 Å². The largest absolute Gasteiger partial charge is 0.497 e. The Balaban J connectivity index is 1.57. The van der Waals surface area contributed by atoms with Crippen LogP contribution in [0.1, 0.15) is 29.3 Å². The third-order valence-electron chi connectivity index (χ3n) is 6.03. The molecule has 2 aromatic heterocycles. The van der Waals surface area contributed by atoms with Gasteiger partial charge in [-0.2, -0.15) is 0 Å². The van der Waals surface area contributed by atoms with Crippen molar-refractivity contribution in [2.45, 2.75) is 19.8 Å². The van der Waals surface area contributed by atoms with E-state index in [0.717, 1.165) is 23.0 Å². The highest BCUT2D eigenvalue weighted by Gasteiger charge is 2.19. The number of methoxy groups -OCH3 is 1. The molecule has 0 aliphatic carbocycles. The molecule has 2 heterocycles. The molecule has 7 nitrogen and oxygen atoms in total. The molecule has 0 radical (unpaired) electrons. The molecule has 0 amide bonds. The van der Waals surface area contributed by atoms with Gasteiger partial charge >= 0.3 is 5.97 Å². The van der Waals surface area contributed by atoms with Crippen LogP contribution < -0.4 is 14.9 Å². The molecule has 0 bridgehead atoms. The van der Waals surface area contributed by atoms with Crippen molar-refractivity contribution < 1.29 is 18.7 Å². The lowest BCUT2D eigenvalue weighted by molar-refractivity contribution is 0.0733. The van der Waals surface area contributed by atoms with Crippen LogP contribution in [-0.4, -0.2) is 22.6 Å². The van der Waals surface area contributed by atoms with Gasteiger partial charge in [0.15, 0.2) is 0 Å². The third kappa shape index (κ3) is 4.05. The molecule has 3 aromatic carbocycles. The van der Waals surface area contributed by atoms with Crippen LogP contribution in [0.3, 0.4) is 0 Å². The van der Waals surface area contributed by atoms with Gasteiger partial charge in [0.2, 0.25) is 5.43 Å². The SMILES string of the molecule is CCCc1cc2c(=O)c(-c3nc4ccccc4n3C)coc2cc1OC(=O)c1ccc(OC)cc1. The molecule has 0 saturated heterocycles. The van der Waals surface area contributed by atoms with Crippen molar-refractivity contribution in [3.8, 4) is 22.9 Å². The first-order chi connectivity index (χ1) is 17.0. The molecule has 0 spiro atoms. The van der Waals surface area contributed by atoms with Gasteiger partial charge in [-0.25, -0.2) is 9.78 Å². The molecule has 0 fully saturated rings. The van der Waals surface area contributed by atoms with Gasteiger partial charge in [0, 0.05) is 13.1 Å². The molecule has 7 heteroatoms. The molecule has 0 aliphatic rings. The van der Waals surface area contributed by atoms with E-state index in [4.69, 9.17) is 13.9 Å². The highest BCUT2D eigenvalue weighted by Crippen LogP contribution is 2.29. The number of aryl methyl sites for hydroxylation is 2. The summed E-state index contributed by atoms with van der Waals surface area (Å²) in [7, 11) is 3.44. The van der Waals surface area contributed by atoms with Gasteiger partial charge in [0.1, 0.15) is 34.7 Å². The summed E-state index contributed by atoms with van der Waals surface area (Å²) < 4.78 is 18.6. The zero-order chi connectivity index (χ0) is 24.5. The fourth-order valence-corrected chi connectivity index (χ4v) is 4.19. The first kappa shape index (κ1) is 22.4. The standard InChI is InChI=1S/C28H24N2O5/c1-4-7-18-14-20-25(15-24(18)35-28(32)17-10-12-19(33-3)13-11-17)34-16-21(26(20)31)27-29-22-8-5-6-9-23(22)30(27)2/h5-6,8-16H,4,7H2,1-3H3. The molecule has 5 aromatic rings. The zero-order valence-electron chi connectivity index (χ0n) is 19.7. The smallest absolute Gasteiger partial charge is 0.343 e. The van der Waals surface area contributed by atoms with Gasteiger partial charge < -0.3 is 18.5 Å². The maximum atomic E-state index is 13.5. The Labute approximate surface area is 201 Å². The molecule has 0 aliphatic heterocycles. The molecular formula is C28H24N2O5. The van der Waals surface area contributed by atoms with E-state index in [1.165, 1.54) is 6.26 Å². The summed E-state index contributed by atoms with van der Waals surface area (Å²) in [4.78, 5) is 30.9. The lowest BCUT2D eigenvalue weighted by atomic mass is 10.0. The number of carbonyl (C=O) groups is 1. The van der Waals surface area contributed by atoms with E-state index in [1.54, 1.807) is 43.5 Å². The Hall–Kier alpha value is -4.39. The minimum absolute atomic E-state index is 0.185. The Kier molecular flexibility index (Phi) is 5.82. The second kappa shape index (κ2) is 9.10. The summed E-state index contributed by atoms with van der Waals surface area (Å²) >= 11 is 0. The summed E-state index contributed by atoms with van der Waals surface area (Å²) in [5.41, 5.74) is 3.42. The van der Waals surface area contributed by atoms with Gasteiger partial charge in [-0.05, 0) is 54.4 Å². The lowest BCUT2D eigenvalue weighted by Crippen LogP contribution is -2.12. The van der Waals surface area contributed by atoms with E-state index in [2.05, 4.69) is 4.98 Å². The fourth-order valence-electron chi connectivity index (χ4n) is 4.19. The van der Waals surface area contributed by atoms with Crippen molar-refractivity contribution in [1.82, 2.24) is 9.55 Å². The third-order valence-corrected chi connectivity index (χ3v) is 6.03. The van der Waals surface area contributed by atoms with Gasteiger partial charge in [-0.15, -0.1) is 0 Å². The molecular weight excluding hydrogens is 444 g/mol. The lowest BCUT2D eigenvalue weighted by Gasteiger charge is -2.12. The highest BCUT2D eigenvalue weighted by atomic mass is 16.5. The predicted octanol–water partition coefficient (Wildman–Crippen LogP) is 5.53. The summed E-state index contributed by atoms with van der Waals surface area (Å²) in [6, 6.07) is 17.8. The van der Waals surface area contributed by atoms with Crippen LogP contribution in [0, 0.1) is 0 Å². The summed E-state index contributed by atoms with van der Waals surface area (Å²) in [5, 5.41) is 0.419. The minimum atomic E-state index is -0.497. The first-order valence-electron chi connectivity index (χ1n) is 11.4. The number of ether oxygens (including phenoxy) is 2. The van der Waals surface area contributed by atoms with Crippen LogP contribution in [0.2, 0.25) is 0 Å². The Morgan fingerprint density at radius 2 is 1.86 bits per heavy atom. The van der Waals surface area contributed by atoms with Gasteiger partial charge in [-0.3, -0.25) is 4.79 Å². The highest BCUT2D eigenvalue weighted by molar-refractivity contribution is 5.92. The molecule has 0 saturated carbocycles. The Bertz CT molecular complexity index is 1610. The van der Waals surface area contributed by atoms with Crippen molar-refractivity contribution in [3.63, 3.8) is 0 Å². The maximum absolute atomic E-state index is 13.5. The normalized spacial score (nSPS) is 11.2. The predicted molar refractivity (Wildman–Crippen MR) is 134 cm³/mol. The van der Waals surface area contributed by atoms with Gasteiger partial charge in [0.05, 0.1) is 29.1 Å². The summed E-state index contributed by atoms with van der Waals surface area (Å²) in [6.45, 7) is 2.03. The number of hydrogen-bond acceptors (Lipinski definition) is 6. The van der Waals surface area contributed by atoms with Crippen LogP contribution in [0.25, 0.3) is 33.4 Å². The minimum Gasteiger partial charge on any atom is -0.497 e. The monoisotopic (exact) mass is 468 g/mol. The number of nitrogens with zero attached hydrogens (tertiary/aromatic N) is 2. The number of hydrogen-bond donors (Lipinski definition) is 0.